The molecule has 0 aliphatic carbocycles. The number of carbonyl (C=O) groups excluding carboxylic acids is 1. The molecule has 1 fully saturated rings. The van der Waals surface area contributed by atoms with Crippen molar-refractivity contribution in [3.05, 3.63) is 54.0 Å². The molecule has 1 amide bonds. The number of amides is 1. The summed E-state index contributed by atoms with van der Waals surface area (Å²) in [5.74, 6) is 1.60. The minimum atomic E-state index is -0.122. The van der Waals surface area contributed by atoms with Gasteiger partial charge in [-0.2, -0.15) is 0 Å². The summed E-state index contributed by atoms with van der Waals surface area (Å²) in [6.07, 6.45) is 2.48. The number of nitrogens with zero attached hydrogens (tertiary/aromatic N) is 2. The van der Waals surface area contributed by atoms with E-state index in [4.69, 9.17) is 9.41 Å². The first-order valence-corrected chi connectivity index (χ1v) is 8.81. The molecular weight excluding hydrogens is 308 g/mol. The predicted octanol–water partition coefficient (Wildman–Crippen LogP) is 4.67. The first-order chi connectivity index (χ1) is 11.2. The molecule has 0 N–H and O–H groups in total. The Hall–Kier alpha value is -2.01. The lowest BCUT2D eigenvalue weighted by Crippen LogP contribution is -2.39. The van der Waals surface area contributed by atoms with Crippen molar-refractivity contribution >= 4 is 28.5 Å². The maximum atomic E-state index is 12.6. The van der Waals surface area contributed by atoms with E-state index in [2.05, 4.69) is 19.9 Å². The van der Waals surface area contributed by atoms with Crippen molar-refractivity contribution in [2.45, 2.75) is 26.2 Å². The summed E-state index contributed by atoms with van der Waals surface area (Å²) in [5.41, 5.74) is 2.13. The van der Waals surface area contributed by atoms with Gasteiger partial charge in [0.2, 0.25) is 0 Å². The number of carbonyl (C=O) groups is 1. The molecule has 23 heavy (non-hydrogen) atoms. The van der Waals surface area contributed by atoms with Gasteiger partial charge < -0.3 is 4.42 Å². The summed E-state index contributed by atoms with van der Waals surface area (Å²) in [7, 11) is 0. The minimum absolute atomic E-state index is 0.122. The van der Waals surface area contributed by atoms with Crippen LogP contribution in [0, 0.1) is 0 Å². The van der Waals surface area contributed by atoms with Crippen LogP contribution in [-0.4, -0.2) is 28.3 Å². The Morgan fingerprint density at radius 3 is 2.83 bits per heavy atom. The first-order valence-electron chi connectivity index (χ1n) is 7.82. The van der Waals surface area contributed by atoms with Gasteiger partial charge in [0.05, 0.1) is 12.0 Å². The van der Waals surface area contributed by atoms with Crippen molar-refractivity contribution in [2.75, 3.05) is 12.3 Å². The fourth-order valence-corrected chi connectivity index (χ4v) is 3.50. The highest BCUT2D eigenvalue weighted by atomic mass is 32.2. The van der Waals surface area contributed by atoms with Gasteiger partial charge in [-0.25, -0.2) is 4.99 Å². The fraction of sp³-hybridized carbons (Fsp3) is 0.333. The largest absolute Gasteiger partial charge is 0.459 e. The molecule has 0 bridgehead atoms. The van der Waals surface area contributed by atoms with Crippen LogP contribution in [-0.2, 0) is 0 Å². The van der Waals surface area contributed by atoms with Crippen molar-refractivity contribution in [3.8, 4) is 0 Å². The molecular formula is C18H20N2O2S. The van der Waals surface area contributed by atoms with Crippen LogP contribution in [0.4, 0.5) is 5.69 Å². The molecule has 120 valence electrons. The lowest BCUT2D eigenvalue weighted by Gasteiger charge is -2.27. The van der Waals surface area contributed by atoms with Gasteiger partial charge in [-0.15, -0.1) is 0 Å². The number of para-hydroxylation sites is 1. The number of aliphatic imine (C=N–C) groups is 1. The molecule has 2 aromatic rings. The number of hydrogen-bond donors (Lipinski definition) is 0. The third kappa shape index (κ3) is 3.50. The molecule has 1 saturated heterocycles. The summed E-state index contributed by atoms with van der Waals surface area (Å²) in [5, 5.41) is 0.755. The van der Waals surface area contributed by atoms with E-state index in [0.29, 0.717) is 18.2 Å². The summed E-state index contributed by atoms with van der Waals surface area (Å²) in [4.78, 5) is 19.1. The van der Waals surface area contributed by atoms with Gasteiger partial charge in [0.1, 0.15) is 0 Å². The van der Waals surface area contributed by atoms with Gasteiger partial charge >= 0.3 is 0 Å². The summed E-state index contributed by atoms with van der Waals surface area (Å²) in [6.45, 7) is 4.98. The van der Waals surface area contributed by atoms with Crippen molar-refractivity contribution in [2.24, 2.45) is 4.99 Å². The summed E-state index contributed by atoms with van der Waals surface area (Å²) in [6, 6.07) is 11.5. The zero-order valence-electron chi connectivity index (χ0n) is 13.4. The highest BCUT2D eigenvalue weighted by Gasteiger charge is 2.26. The maximum absolute atomic E-state index is 12.6. The molecule has 1 aromatic heterocycles. The predicted molar refractivity (Wildman–Crippen MR) is 94.4 cm³/mol. The maximum Gasteiger partial charge on any atom is 0.295 e. The van der Waals surface area contributed by atoms with Gasteiger partial charge in [-0.1, -0.05) is 43.8 Å². The summed E-state index contributed by atoms with van der Waals surface area (Å²) >= 11 is 1.63. The minimum Gasteiger partial charge on any atom is -0.459 e. The lowest BCUT2D eigenvalue weighted by molar-refractivity contribution is 0.0819. The molecule has 0 radical (unpaired) electrons. The Morgan fingerprint density at radius 1 is 1.26 bits per heavy atom. The molecule has 0 unspecified atom stereocenters. The topological polar surface area (TPSA) is 45.8 Å². The molecule has 1 aromatic carbocycles. The van der Waals surface area contributed by atoms with Gasteiger partial charge in [-0.05, 0) is 36.1 Å². The van der Waals surface area contributed by atoms with Crippen LogP contribution < -0.4 is 0 Å². The van der Waals surface area contributed by atoms with E-state index in [-0.39, 0.29) is 5.91 Å². The van der Waals surface area contributed by atoms with Crippen LogP contribution in [0.3, 0.4) is 0 Å². The molecule has 3 rings (SSSR count). The van der Waals surface area contributed by atoms with Gasteiger partial charge in [-0.3, -0.25) is 9.69 Å². The summed E-state index contributed by atoms with van der Waals surface area (Å²) < 4.78 is 5.25. The zero-order chi connectivity index (χ0) is 16.2. The van der Waals surface area contributed by atoms with Crippen LogP contribution in [0.25, 0.3) is 0 Å². The average Bonchev–Trinajstić information content (AvgIpc) is 3.09. The normalized spacial score (nSPS) is 17.0. The third-order valence-electron chi connectivity index (χ3n) is 3.74. The van der Waals surface area contributed by atoms with Crippen molar-refractivity contribution in [1.82, 2.24) is 4.90 Å². The Labute approximate surface area is 140 Å². The molecule has 0 atom stereocenters. The van der Waals surface area contributed by atoms with Crippen molar-refractivity contribution in [1.29, 1.82) is 0 Å². The molecule has 5 heteroatoms. The number of benzene rings is 1. The standard InChI is InChI=1S/C18H20N2O2S/c1-13(2)14-7-3-4-8-15(14)19-18-20(10-6-12-23-18)17(21)16-9-5-11-22-16/h3-5,7-9,11,13H,6,10,12H2,1-2H3. The number of hydrogen-bond acceptors (Lipinski definition) is 4. The molecule has 1 aliphatic heterocycles. The van der Waals surface area contributed by atoms with E-state index in [1.165, 1.54) is 11.8 Å². The number of amidine groups is 1. The van der Waals surface area contributed by atoms with E-state index < -0.39 is 0 Å². The van der Waals surface area contributed by atoms with Gasteiger partial charge in [0.15, 0.2) is 10.9 Å². The van der Waals surface area contributed by atoms with Crippen molar-refractivity contribution < 1.29 is 9.21 Å². The Balaban J connectivity index is 1.94. The third-order valence-corrected chi connectivity index (χ3v) is 4.80. The Kier molecular flexibility index (Phi) is 4.86. The van der Waals surface area contributed by atoms with E-state index in [0.717, 1.165) is 23.0 Å². The second-order valence-electron chi connectivity index (χ2n) is 5.74. The molecule has 1 aliphatic rings. The van der Waals surface area contributed by atoms with Crippen molar-refractivity contribution in [3.63, 3.8) is 0 Å². The highest BCUT2D eigenvalue weighted by molar-refractivity contribution is 8.13. The second kappa shape index (κ2) is 7.04. The molecule has 2 heterocycles. The number of rotatable bonds is 3. The fourth-order valence-electron chi connectivity index (χ4n) is 2.55. The van der Waals surface area contributed by atoms with Gasteiger partial charge in [0, 0.05) is 12.3 Å². The van der Waals surface area contributed by atoms with Crippen LogP contribution in [0.1, 0.15) is 42.3 Å². The smallest absolute Gasteiger partial charge is 0.295 e. The zero-order valence-corrected chi connectivity index (χ0v) is 14.2. The molecule has 4 nitrogen and oxygen atoms in total. The SMILES string of the molecule is CC(C)c1ccccc1N=C1SCCCN1C(=O)c1ccco1. The van der Waals surface area contributed by atoms with Gasteiger partial charge in [0.25, 0.3) is 5.91 Å². The second-order valence-corrected chi connectivity index (χ2v) is 6.81. The van der Waals surface area contributed by atoms with E-state index in [1.807, 2.05) is 18.2 Å². The van der Waals surface area contributed by atoms with E-state index in [1.54, 1.807) is 28.8 Å². The van der Waals surface area contributed by atoms with Crippen LogP contribution in [0.15, 0.2) is 52.1 Å². The molecule has 0 spiro atoms. The first kappa shape index (κ1) is 15.9. The lowest BCUT2D eigenvalue weighted by atomic mass is 10.0. The highest BCUT2D eigenvalue weighted by Crippen LogP contribution is 2.30. The van der Waals surface area contributed by atoms with E-state index in [9.17, 15) is 4.79 Å². The van der Waals surface area contributed by atoms with Crippen LogP contribution in [0.5, 0.6) is 0 Å². The van der Waals surface area contributed by atoms with Crippen LogP contribution in [0.2, 0.25) is 0 Å². The Morgan fingerprint density at radius 2 is 2.09 bits per heavy atom. The average molecular weight is 328 g/mol. The molecule has 0 saturated carbocycles. The number of furan rings is 1. The van der Waals surface area contributed by atoms with Crippen LogP contribution >= 0.6 is 11.8 Å². The monoisotopic (exact) mass is 328 g/mol. The van der Waals surface area contributed by atoms with E-state index >= 15 is 0 Å². The Bertz CT molecular complexity index is 708. The quantitative estimate of drug-likeness (QED) is 0.822. The number of thioether (sulfide) groups is 1.